The van der Waals surface area contributed by atoms with Gasteiger partial charge >= 0.3 is 6.09 Å². The molecule has 0 aliphatic heterocycles. The number of hydrogen-bond acceptors (Lipinski definition) is 4. The lowest BCUT2D eigenvalue weighted by molar-refractivity contribution is -0.107. The number of anilines is 1. The third-order valence-electron chi connectivity index (χ3n) is 2.72. The molecule has 1 rings (SSSR count). The van der Waals surface area contributed by atoms with Crippen molar-refractivity contribution in [1.29, 1.82) is 0 Å². The summed E-state index contributed by atoms with van der Waals surface area (Å²) in [6, 6.07) is 5.41. The molecule has 0 bridgehead atoms. The zero-order valence-corrected chi connectivity index (χ0v) is 13.1. The van der Waals surface area contributed by atoms with E-state index in [0.29, 0.717) is 24.3 Å². The van der Waals surface area contributed by atoms with Gasteiger partial charge in [-0.05, 0) is 57.4 Å². The Hall–Kier alpha value is -2.04. The molecule has 116 valence electrons. The molecule has 1 aromatic rings. The molecule has 1 N–H and O–H groups in total. The first-order valence-corrected chi connectivity index (χ1v) is 6.96. The highest BCUT2D eigenvalue weighted by Gasteiger charge is 2.17. The Bertz CT molecular complexity index is 492. The quantitative estimate of drug-likeness (QED) is 0.643. The number of aryl methyl sites for hydroxylation is 1. The van der Waals surface area contributed by atoms with Crippen LogP contribution in [-0.2, 0) is 16.0 Å². The minimum atomic E-state index is -0.547. The van der Waals surface area contributed by atoms with E-state index < -0.39 is 11.7 Å². The highest BCUT2D eigenvalue weighted by Crippen LogP contribution is 2.24. The van der Waals surface area contributed by atoms with Gasteiger partial charge in [0, 0.05) is 12.1 Å². The van der Waals surface area contributed by atoms with Crippen molar-refractivity contribution in [2.24, 2.45) is 0 Å². The fourth-order valence-corrected chi connectivity index (χ4v) is 1.82. The monoisotopic (exact) mass is 293 g/mol. The maximum atomic E-state index is 11.8. The molecule has 0 fully saturated rings. The lowest BCUT2D eigenvalue weighted by atomic mass is 10.1. The second kappa shape index (κ2) is 7.67. The van der Waals surface area contributed by atoms with Gasteiger partial charge in [0.1, 0.15) is 17.6 Å². The van der Waals surface area contributed by atoms with Crippen molar-refractivity contribution in [2.75, 3.05) is 12.4 Å². The Kier molecular flexibility index (Phi) is 6.21. The highest BCUT2D eigenvalue weighted by molar-refractivity contribution is 5.86. The number of methoxy groups -OCH3 is 1. The van der Waals surface area contributed by atoms with Gasteiger partial charge in [0.15, 0.2) is 0 Å². The third-order valence-corrected chi connectivity index (χ3v) is 2.72. The molecule has 1 aromatic carbocycles. The minimum Gasteiger partial charge on any atom is -0.497 e. The third kappa shape index (κ3) is 6.29. The topological polar surface area (TPSA) is 64.6 Å². The van der Waals surface area contributed by atoms with E-state index in [-0.39, 0.29) is 0 Å². The van der Waals surface area contributed by atoms with Gasteiger partial charge in [0.25, 0.3) is 0 Å². The van der Waals surface area contributed by atoms with Crippen molar-refractivity contribution in [2.45, 2.75) is 45.6 Å². The largest absolute Gasteiger partial charge is 0.497 e. The van der Waals surface area contributed by atoms with Crippen molar-refractivity contribution >= 4 is 18.1 Å². The zero-order valence-electron chi connectivity index (χ0n) is 13.1. The Labute approximate surface area is 125 Å². The Morgan fingerprint density at radius 3 is 2.62 bits per heavy atom. The molecule has 0 heterocycles. The van der Waals surface area contributed by atoms with Crippen LogP contribution in [-0.4, -0.2) is 25.1 Å². The second-order valence-corrected chi connectivity index (χ2v) is 5.71. The first-order valence-electron chi connectivity index (χ1n) is 6.96. The molecule has 0 saturated heterocycles. The van der Waals surface area contributed by atoms with Gasteiger partial charge in [-0.2, -0.15) is 0 Å². The van der Waals surface area contributed by atoms with Crippen LogP contribution < -0.4 is 10.1 Å². The van der Waals surface area contributed by atoms with Crippen LogP contribution in [0.25, 0.3) is 0 Å². The lowest BCUT2D eigenvalue weighted by Gasteiger charge is -2.20. The molecule has 0 aromatic heterocycles. The number of aldehydes is 1. The van der Waals surface area contributed by atoms with E-state index in [4.69, 9.17) is 9.47 Å². The first kappa shape index (κ1) is 17.0. The predicted octanol–water partition coefficient (Wildman–Crippen LogP) is 3.56. The Morgan fingerprint density at radius 2 is 2.05 bits per heavy atom. The summed E-state index contributed by atoms with van der Waals surface area (Å²) in [6.07, 6.45) is 2.29. The maximum absolute atomic E-state index is 11.8. The van der Waals surface area contributed by atoms with Gasteiger partial charge in [-0.1, -0.05) is 0 Å². The summed E-state index contributed by atoms with van der Waals surface area (Å²) in [5.41, 5.74) is 1.05. The van der Waals surface area contributed by atoms with Crippen LogP contribution in [0, 0.1) is 0 Å². The molecule has 0 spiro atoms. The van der Waals surface area contributed by atoms with Gasteiger partial charge in [-0.25, -0.2) is 4.79 Å². The molecule has 0 aliphatic carbocycles. The molecule has 0 radical (unpaired) electrons. The van der Waals surface area contributed by atoms with Crippen molar-refractivity contribution in [1.82, 2.24) is 0 Å². The smallest absolute Gasteiger partial charge is 0.412 e. The Balaban J connectivity index is 2.83. The molecular weight excluding hydrogens is 270 g/mol. The summed E-state index contributed by atoms with van der Waals surface area (Å²) in [4.78, 5) is 22.3. The molecule has 0 aliphatic rings. The van der Waals surface area contributed by atoms with E-state index in [0.717, 1.165) is 18.3 Å². The average Bonchev–Trinajstić information content (AvgIpc) is 2.38. The number of carbonyl (C=O) groups is 2. The summed E-state index contributed by atoms with van der Waals surface area (Å²) < 4.78 is 10.4. The molecule has 21 heavy (non-hydrogen) atoms. The number of carbonyl (C=O) groups excluding carboxylic acids is 2. The van der Waals surface area contributed by atoms with Crippen LogP contribution in [0.15, 0.2) is 18.2 Å². The number of rotatable bonds is 6. The summed E-state index contributed by atoms with van der Waals surface area (Å²) in [6.45, 7) is 5.43. The van der Waals surface area contributed by atoms with Crippen molar-refractivity contribution in [3.8, 4) is 5.75 Å². The molecule has 0 atom stereocenters. The van der Waals surface area contributed by atoms with Crippen LogP contribution in [0.4, 0.5) is 10.5 Å². The number of nitrogens with one attached hydrogen (secondary N) is 1. The van der Waals surface area contributed by atoms with Crippen LogP contribution in [0.1, 0.15) is 39.2 Å². The lowest BCUT2D eigenvalue weighted by Crippen LogP contribution is -2.27. The summed E-state index contributed by atoms with van der Waals surface area (Å²) in [5.74, 6) is 0.714. The summed E-state index contributed by atoms with van der Waals surface area (Å²) in [7, 11) is 1.59. The number of hydrogen-bond donors (Lipinski definition) is 1. The van der Waals surface area contributed by atoms with Crippen molar-refractivity contribution < 1.29 is 19.1 Å². The zero-order chi connectivity index (χ0) is 15.9. The number of amides is 1. The number of benzene rings is 1. The minimum absolute atomic E-state index is 0.489. The van der Waals surface area contributed by atoms with Crippen LogP contribution >= 0.6 is 0 Å². The first-order chi connectivity index (χ1) is 9.85. The van der Waals surface area contributed by atoms with Gasteiger partial charge < -0.3 is 14.3 Å². The van der Waals surface area contributed by atoms with Crippen molar-refractivity contribution in [3.05, 3.63) is 23.8 Å². The highest BCUT2D eigenvalue weighted by atomic mass is 16.6. The molecule has 0 unspecified atom stereocenters. The van der Waals surface area contributed by atoms with Crippen LogP contribution in [0.5, 0.6) is 5.75 Å². The predicted molar refractivity (Wildman–Crippen MR) is 81.9 cm³/mol. The van der Waals surface area contributed by atoms with Gasteiger partial charge in [0.05, 0.1) is 7.11 Å². The standard InChI is InChI=1S/C16H23NO4/c1-16(2,3)21-15(19)17-14-9-8-13(20-4)11-12(14)7-5-6-10-18/h8-11H,5-7H2,1-4H3,(H,17,19). The van der Waals surface area contributed by atoms with Crippen LogP contribution in [0.3, 0.4) is 0 Å². The molecule has 5 nitrogen and oxygen atoms in total. The van der Waals surface area contributed by atoms with Crippen molar-refractivity contribution in [3.63, 3.8) is 0 Å². The van der Waals surface area contributed by atoms with E-state index >= 15 is 0 Å². The van der Waals surface area contributed by atoms with E-state index in [1.165, 1.54) is 0 Å². The van der Waals surface area contributed by atoms with Gasteiger partial charge in [-0.15, -0.1) is 0 Å². The molecule has 0 saturated carbocycles. The molecule has 5 heteroatoms. The maximum Gasteiger partial charge on any atom is 0.412 e. The summed E-state index contributed by atoms with van der Waals surface area (Å²) in [5, 5.41) is 2.74. The summed E-state index contributed by atoms with van der Waals surface area (Å²) >= 11 is 0. The molecular formula is C16H23NO4. The van der Waals surface area contributed by atoms with Gasteiger partial charge in [-0.3, -0.25) is 5.32 Å². The van der Waals surface area contributed by atoms with E-state index in [1.807, 2.05) is 26.8 Å². The van der Waals surface area contributed by atoms with Gasteiger partial charge in [0.2, 0.25) is 0 Å². The second-order valence-electron chi connectivity index (χ2n) is 5.71. The van der Waals surface area contributed by atoms with E-state index in [9.17, 15) is 9.59 Å². The molecule has 1 amide bonds. The fourth-order valence-electron chi connectivity index (χ4n) is 1.82. The van der Waals surface area contributed by atoms with Crippen LogP contribution in [0.2, 0.25) is 0 Å². The number of ether oxygens (including phenoxy) is 2. The van der Waals surface area contributed by atoms with E-state index in [1.54, 1.807) is 19.2 Å². The fraction of sp³-hybridized carbons (Fsp3) is 0.500. The number of unbranched alkanes of at least 4 members (excludes halogenated alkanes) is 1. The SMILES string of the molecule is COc1ccc(NC(=O)OC(C)(C)C)c(CCCC=O)c1. The average molecular weight is 293 g/mol. The normalized spacial score (nSPS) is 10.9. The Morgan fingerprint density at radius 1 is 1.33 bits per heavy atom. The van der Waals surface area contributed by atoms with E-state index in [2.05, 4.69) is 5.32 Å².